The average molecular weight is 348 g/mol. The lowest BCUT2D eigenvalue weighted by Crippen LogP contribution is -2.51. The third-order valence-corrected chi connectivity index (χ3v) is 5.63. The minimum Gasteiger partial charge on any atom is -0.396 e. The van der Waals surface area contributed by atoms with Crippen LogP contribution in [0, 0.1) is 11.8 Å². The molecule has 2 aliphatic heterocycles. The van der Waals surface area contributed by atoms with Gasteiger partial charge in [-0.1, -0.05) is 13.0 Å². The van der Waals surface area contributed by atoms with E-state index in [1.165, 1.54) is 19.3 Å². The van der Waals surface area contributed by atoms with Crippen LogP contribution in [0.2, 0.25) is 0 Å². The van der Waals surface area contributed by atoms with E-state index in [1.54, 1.807) is 0 Å². The molecule has 0 saturated carbocycles. The summed E-state index contributed by atoms with van der Waals surface area (Å²) in [7, 11) is 0. The molecule has 2 N–H and O–H groups in total. The molecule has 0 aliphatic carbocycles. The molecule has 4 unspecified atom stereocenters. The molecule has 0 radical (unpaired) electrons. The van der Waals surface area contributed by atoms with Gasteiger partial charge in [0.15, 0.2) is 0 Å². The normalized spacial score (nSPS) is 29.0. The number of pyridine rings is 1. The van der Waals surface area contributed by atoms with Gasteiger partial charge in [-0.15, -0.1) is 0 Å². The number of aromatic nitrogens is 1. The third-order valence-electron chi connectivity index (χ3n) is 5.63. The second kappa shape index (κ2) is 9.62. The highest BCUT2D eigenvalue weighted by Crippen LogP contribution is 2.20. The standard InChI is InChI=1S/C20H33N3O2/c1-16-13-23(14-19-6-4-10-25-19)9-7-20(16)22-12-17(15-24)11-18-5-2-3-8-21-18/h2-3,5,8,16-17,19-20,22,24H,4,6-7,9-15H2,1H3. The number of nitrogens with one attached hydrogen (secondary N) is 1. The summed E-state index contributed by atoms with van der Waals surface area (Å²) in [6, 6.07) is 6.52. The van der Waals surface area contributed by atoms with Crippen molar-refractivity contribution in [2.75, 3.05) is 39.4 Å². The lowest BCUT2D eigenvalue weighted by Gasteiger charge is -2.38. The van der Waals surface area contributed by atoms with Crippen LogP contribution in [0.5, 0.6) is 0 Å². The Morgan fingerprint density at radius 2 is 2.32 bits per heavy atom. The zero-order chi connectivity index (χ0) is 17.5. The van der Waals surface area contributed by atoms with Crippen LogP contribution in [0.4, 0.5) is 0 Å². The second-order valence-electron chi connectivity index (χ2n) is 7.75. The molecular formula is C20H33N3O2. The van der Waals surface area contributed by atoms with Crippen molar-refractivity contribution in [1.29, 1.82) is 0 Å². The van der Waals surface area contributed by atoms with E-state index in [0.717, 1.165) is 44.9 Å². The van der Waals surface area contributed by atoms with Gasteiger partial charge in [0.05, 0.1) is 6.10 Å². The van der Waals surface area contributed by atoms with Crippen LogP contribution < -0.4 is 5.32 Å². The van der Waals surface area contributed by atoms with Gasteiger partial charge in [-0.05, 0) is 56.2 Å². The molecule has 4 atom stereocenters. The molecular weight excluding hydrogens is 314 g/mol. The molecule has 25 heavy (non-hydrogen) atoms. The molecule has 0 spiro atoms. The van der Waals surface area contributed by atoms with E-state index in [1.807, 2.05) is 24.4 Å². The molecule has 3 heterocycles. The number of piperidine rings is 1. The molecule has 0 bridgehead atoms. The Morgan fingerprint density at radius 1 is 1.40 bits per heavy atom. The fraction of sp³-hybridized carbons (Fsp3) is 0.750. The second-order valence-corrected chi connectivity index (χ2v) is 7.75. The number of hydrogen-bond acceptors (Lipinski definition) is 5. The van der Waals surface area contributed by atoms with Crippen molar-refractivity contribution in [2.24, 2.45) is 11.8 Å². The minimum atomic E-state index is 0.204. The predicted octanol–water partition coefficient (Wildman–Crippen LogP) is 1.71. The fourth-order valence-corrected chi connectivity index (χ4v) is 4.11. The number of nitrogens with zero attached hydrogens (tertiary/aromatic N) is 2. The Labute approximate surface area is 151 Å². The summed E-state index contributed by atoms with van der Waals surface area (Å²) >= 11 is 0. The summed E-state index contributed by atoms with van der Waals surface area (Å²) in [5.74, 6) is 0.858. The molecule has 5 heteroatoms. The molecule has 2 fully saturated rings. The quantitative estimate of drug-likeness (QED) is 0.750. The monoisotopic (exact) mass is 347 g/mol. The Balaban J connectivity index is 1.40. The summed E-state index contributed by atoms with van der Waals surface area (Å²) in [4.78, 5) is 6.94. The Morgan fingerprint density at radius 3 is 3.00 bits per heavy atom. The molecule has 1 aromatic heterocycles. The number of aliphatic hydroxyl groups excluding tert-OH is 1. The van der Waals surface area contributed by atoms with Gasteiger partial charge in [0.25, 0.3) is 0 Å². The van der Waals surface area contributed by atoms with E-state index in [2.05, 4.69) is 22.1 Å². The van der Waals surface area contributed by atoms with Crippen molar-refractivity contribution < 1.29 is 9.84 Å². The van der Waals surface area contributed by atoms with E-state index < -0.39 is 0 Å². The van der Waals surface area contributed by atoms with Crippen LogP contribution in [0.3, 0.4) is 0 Å². The zero-order valence-corrected chi connectivity index (χ0v) is 15.4. The maximum absolute atomic E-state index is 9.69. The van der Waals surface area contributed by atoms with Crippen molar-refractivity contribution in [3.05, 3.63) is 30.1 Å². The first-order valence-electron chi connectivity index (χ1n) is 9.82. The fourth-order valence-electron chi connectivity index (χ4n) is 4.11. The summed E-state index contributed by atoms with van der Waals surface area (Å²) in [5, 5.41) is 13.4. The summed E-state index contributed by atoms with van der Waals surface area (Å²) in [5.41, 5.74) is 1.06. The topological polar surface area (TPSA) is 57.6 Å². The highest BCUT2D eigenvalue weighted by atomic mass is 16.5. The molecule has 3 rings (SSSR count). The zero-order valence-electron chi connectivity index (χ0n) is 15.4. The summed E-state index contributed by atoms with van der Waals surface area (Å²) in [6.07, 6.45) is 6.72. The van der Waals surface area contributed by atoms with Crippen LogP contribution in [-0.4, -0.2) is 66.5 Å². The van der Waals surface area contributed by atoms with Gasteiger partial charge in [-0.2, -0.15) is 0 Å². The predicted molar refractivity (Wildman–Crippen MR) is 99.5 cm³/mol. The molecule has 0 aromatic carbocycles. The van der Waals surface area contributed by atoms with Crippen LogP contribution in [0.1, 0.15) is 31.9 Å². The average Bonchev–Trinajstić information content (AvgIpc) is 3.13. The number of rotatable bonds is 8. The van der Waals surface area contributed by atoms with E-state index in [-0.39, 0.29) is 12.5 Å². The summed E-state index contributed by atoms with van der Waals surface area (Å²) < 4.78 is 5.78. The molecule has 0 amide bonds. The maximum Gasteiger partial charge on any atom is 0.0702 e. The van der Waals surface area contributed by atoms with Gasteiger partial charge in [-0.25, -0.2) is 0 Å². The third kappa shape index (κ3) is 5.74. The Kier molecular flexibility index (Phi) is 7.23. The van der Waals surface area contributed by atoms with Crippen LogP contribution >= 0.6 is 0 Å². The van der Waals surface area contributed by atoms with Gasteiger partial charge in [-0.3, -0.25) is 4.98 Å². The Hall–Kier alpha value is -1.01. The lowest BCUT2D eigenvalue weighted by molar-refractivity contribution is 0.0505. The Bertz CT molecular complexity index is 493. The smallest absolute Gasteiger partial charge is 0.0702 e. The van der Waals surface area contributed by atoms with Crippen molar-refractivity contribution >= 4 is 0 Å². The SMILES string of the molecule is CC1CN(CC2CCCO2)CCC1NCC(CO)Cc1ccccn1. The first kappa shape index (κ1) is 18.8. The van der Waals surface area contributed by atoms with Crippen molar-refractivity contribution in [3.8, 4) is 0 Å². The van der Waals surface area contributed by atoms with Gasteiger partial charge < -0.3 is 20.1 Å². The first-order valence-corrected chi connectivity index (χ1v) is 9.82. The van der Waals surface area contributed by atoms with Crippen LogP contribution in [0.15, 0.2) is 24.4 Å². The largest absolute Gasteiger partial charge is 0.396 e. The van der Waals surface area contributed by atoms with E-state index in [9.17, 15) is 5.11 Å². The lowest BCUT2D eigenvalue weighted by atomic mass is 9.92. The van der Waals surface area contributed by atoms with Gasteiger partial charge in [0, 0.05) is 50.8 Å². The number of ether oxygens (including phenoxy) is 1. The highest BCUT2D eigenvalue weighted by molar-refractivity contribution is 5.04. The highest BCUT2D eigenvalue weighted by Gasteiger charge is 2.28. The first-order chi connectivity index (χ1) is 12.2. The maximum atomic E-state index is 9.69. The number of hydrogen-bond donors (Lipinski definition) is 2. The molecule has 1 aromatic rings. The van der Waals surface area contributed by atoms with Crippen molar-refractivity contribution in [3.63, 3.8) is 0 Å². The molecule has 5 nitrogen and oxygen atoms in total. The van der Waals surface area contributed by atoms with Crippen molar-refractivity contribution in [1.82, 2.24) is 15.2 Å². The van der Waals surface area contributed by atoms with Crippen LogP contribution in [0.25, 0.3) is 0 Å². The van der Waals surface area contributed by atoms with Gasteiger partial charge in [0.2, 0.25) is 0 Å². The van der Waals surface area contributed by atoms with Crippen LogP contribution in [-0.2, 0) is 11.2 Å². The number of aliphatic hydroxyl groups is 1. The number of likely N-dealkylation sites (tertiary alicyclic amines) is 1. The van der Waals surface area contributed by atoms with E-state index in [4.69, 9.17) is 4.74 Å². The van der Waals surface area contributed by atoms with Gasteiger partial charge in [0.1, 0.15) is 0 Å². The van der Waals surface area contributed by atoms with E-state index in [0.29, 0.717) is 18.1 Å². The van der Waals surface area contributed by atoms with E-state index >= 15 is 0 Å². The van der Waals surface area contributed by atoms with Gasteiger partial charge >= 0.3 is 0 Å². The summed E-state index contributed by atoms with van der Waals surface area (Å²) in [6.45, 7) is 7.72. The minimum absolute atomic E-state index is 0.204. The van der Waals surface area contributed by atoms with Crippen molar-refractivity contribution in [2.45, 2.75) is 44.8 Å². The molecule has 2 aliphatic rings. The molecule has 2 saturated heterocycles. The molecule has 140 valence electrons.